The van der Waals surface area contributed by atoms with Crippen molar-refractivity contribution in [2.45, 2.75) is 18.8 Å². The lowest BCUT2D eigenvalue weighted by atomic mass is 9.87. The summed E-state index contributed by atoms with van der Waals surface area (Å²) < 4.78 is 10.00. The van der Waals surface area contributed by atoms with E-state index in [1.807, 2.05) is 18.2 Å². The van der Waals surface area contributed by atoms with E-state index in [0.29, 0.717) is 12.2 Å². The predicted octanol–water partition coefficient (Wildman–Crippen LogP) is 6.44. The van der Waals surface area contributed by atoms with Gasteiger partial charge in [-0.1, -0.05) is 54.6 Å². The van der Waals surface area contributed by atoms with Gasteiger partial charge in [0.25, 0.3) is 0 Å². The molecule has 3 aromatic carbocycles. The third-order valence-electron chi connectivity index (χ3n) is 6.49. The van der Waals surface area contributed by atoms with Gasteiger partial charge < -0.3 is 13.9 Å². The summed E-state index contributed by atoms with van der Waals surface area (Å²) in [5.41, 5.74) is 5.69. The van der Waals surface area contributed by atoms with E-state index >= 15 is 0 Å². The van der Waals surface area contributed by atoms with Crippen molar-refractivity contribution in [3.63, 3.8) is 0 Å². The SMILES string of the molecule is Cn1cc(C(CCCOC(=O)c2ccccc2)c2cn(C)c3ccccc23)c2ccccc21. The van der Waals surface area contributed by atoms with Crippen LogP contribution in [0.3, 0.4) is 0 Å². The zero-order valence-electron chi connectivity index (χ0n) is 19.1. The Morgan fingerprint density at radius 1 is 0.758 bits per heavy atom. The van der Waals surface area contributed by atoms with Gasteiger partial charge in [0.2, 0.25) is 0 Å². The molecule has 0 radical (unpaired) electrons. The highest BCUT2D eigenvalue weighted by Gasteiger charge is 2.23. The number of para-hydroxylation sites is 2. The minimum absolute atomic E-state index is 0.206. The summed E-state index contributed by atoms with van der Waals surface area (Å²) in [5.74, 6) is -0.0555. The molecule has 4 nitrogen and oxygen atoms in total. The molecule has 0 N–H and O–H groups in total. The highest BCUT2D eigenvalue weighted by Crippen LogP contribution is 2.39. The Balaban J connectivity index is 1.45. The highest BCUT2D eigenvalue weighted by atomic mass is 16.5. The van der Waals surface area contributed by atoms with E-state index in [4.69, 9.17) is 4.74 Å². The molecule has 4 heteroatoms. The van der Waals surface area contributed by atoms with Crippen LogP contribution in [0.4, 0.5) is 0 Å². The average Bonchev–Trinajstić information content (AvgIpc) is 3.37. The maximum atomic E-state index is 12.4. The fourth-order valence-corrected chi connectivity index (χ4v) is 4.89. The molecule has 2 aromatic heterocycles. The Labute approximate surface area is 194 Å². The molecule has 0 fully saturated rings. The van der Waals surface area contributed by atoms with E-state index in [-0.39, 0.29) is 11.9 Å². The number of nitrogens with zero attached hydrogens (tertiary/aromatic N) is 2. The van der Waals surface area contributed by atoms with Gasteiger partial charge in [-0.25, -0.2) is 4.79 Å². The van der Waals surface area contributed by atoms with Gasteiger partial charge in [0.05, 0.1) is 12.2 Å². The topological polar surface area (TPSA) is 36.2 Å². The Morgan fingerprint density at radius 2 is 1.27 bits per heavy atom. The van der Waals surface area contributed by atoms with E-state index in [9.17, 15) is 4.79 Å². The molecule has 0 spiro atoms. The van der Waals surface area contributed by atoms with Gasteiger partial charge in [0.1, 0.15) is 0 Å². The van der Waals surface area contributed by atoms with Crippen molar-refractivity contribution >= 4 is 27.8 Å². The summed E-state index contributed by atoms with van der Waals surface area (Å²) in [6.07, 6.45) is 6.19. The van der Waals surface area contributed by atoms with Crippen molar-refractivity contribution in [1.29, 1.82) is 0 Å². The molecule has 0 amide bonds. The Kier molecular flexibility index (Phi) is 5.74. The van der Waals surface area contributed by atoms with Crippen LogP contribution >= 0.6 is 0 Å². The first-order valence-electron chi connectivity index (χ1n) is 11.4. The summed E-state index contributed by atoms with van der Waals surface area (Å²) in [6, 6.07) is 26.3. The van der Waals surface area contributed by atoms with E-state index in [0.717, 1.165) is 12.8 Å². The standard InChI is InChI=1S/C29H28N2O2/c1-30-19-25(23-13-6-8-16-27(23)30)22(26-20-31(2)28-17-9-7-14-24(26)28)15-10-18-33-29(32)21-11-4-3-5-12-21/h3-9,11-14,16-17,19-20,22H,10,15,18H2,1-2H3. The first-order chi connectivity index (χ1) is 16.1. The summed E-state index contributed by atoms with van der Waals surface area (Å²) in [7, 11) is 4.21. The van der Waals surface area contributed by atoms with E-state index in [2.05, 4.69) is 84.2 Å². The number of aryl methyl sites for hydroxylation is 2. The van der Waals surface area contributed by atoms with Crippen molar-refractivity contribution < 1.29 is 9.53 Å². The largest absolute Gasteiger partial charge is 0.462 e. The molecule has 0 aliphatic heterocycles. The second kappa shape index (κ2) is 8.99. The first kappa shape index (κ1) is 21.1. The van der Waals surface area contributed by atoms with Crippen molar-refractivity contribution in [2.24, 2.45) is 14.1 Å². The highest BCUT2D eigenvalue weighted by molar-refractivity contribution is 5.90. The van der Waals surface area contributed by atoms with E-state index in [1.54, 1.807) is 12.1 Å². The minimum Gasteiger partial charge on any atom is -0.462 e. The molecule has 5 rings (SSSR count). The molecule has 2 heterocycles. The summed E-state index contributed by atoms with van der Waals surface area (Å²) in [5, 5.41) is 2.55. The first-order valence-corrected chi connectivity index (χ1v) is 11.4. The van der Waals surface area contributed by atoms with Crippen molar-refractivity contribution in [2.75, 3.05) is 6.61 Å². The summed E-state index contributed by atoms with van der Waals surface area (Å²) in [6.45, 7) is 0.403. The lowest BCUT2D eigenvalue weighted by molar-refractivity contribution is 0.0497. The van der Waals surface area contributed by atoms with Crippen LogP contribution in [0.5, 0.6) is 0 Å². The van der Waals surface area contributed by atoms with E-state index in [1.165, 1.54) is 32.9 Å². The molecule has 0 bridgehead atoms. The third-order valence-corrected chi connectivity index (χ3v) is 6.49. The third kappa shape index (κ3) is 4.05. The zero-order valence-corrected chi connectivity index (χ0v) is 19.1. The molecule has 0 saturated carbocycles. The molecule has 166 valence electrons. The minimum atomic E-state index is -0.262. The number of hydrogen-bond acceptors (Lipinski definition) is 2. The number of carbonyl (C=O) groups is 1. The molecule has 0 saturated heterocycles. The number of ether oxygens (including phenoxy) is 1. The number of carbonyl (C=O) groups excluding carboxylic acids is 1. The maximum absolute atomic E-state index is 12.4. The smallest absolute Gasteiger partial charge is 0.338 e. The second-order valence-corrected chi connectivity index (χ2v) is 8.62. The molecule has 0 atom stereocenters. The van der Waals surface area contributed by atoms with Crippen LogP contribution in [0.1, 0.15) is 40.2 Å². The molecule has 0 aliphatic carbocycles. The van der Waals surface area contributed by atoms with Gasteiger partial charge in [-0.2, -0.15) is 0 Å². The Hall–Kier alpha value is -3.79. The zero-order chi connectivity index (χ0) is 22.8. The lowest BCUT2D eigenvalue weighted by Crippen LogP contribution is -2.08. The van der Waals surface area contributed by atoms with Crippen LogP contribution in [0.2, 0.25) is 0 Å². The van der Waals surface area contributed by atoms with Gasteiger partial charge in [-0.05, 0) is 48.2 Å². The summed E-state index contributed by atoms with van der Waals surface area (Å²) >= 11 is 0. The number of aromatic nitrogens is 2. The van der Waals surface area contributed by atoms with Gasteiger partial charge in [0.15, 0.2) is 0 Å². The monoisotopic (exact) mass is 436 g/mol. The summed E-state index contributed by atoms with van der Waals surface area (Å²) in [4.78, 5) is 12.4. The lowest BCUT2D eigenvalue weighted by Gasteiger charge is -2.17. The van der Waals surface area contributed by atoms with Crippen LogP contribution in [0.25, 0.3) is 21.8 Å². The molecule has 33 heavy (non-hydrogen) atoms. The van der Waals surface area contributed by atoms with Gasteiger partial charge in [-0.3, -0.25) is 0 Å². The Morgan fingerprint density at radius 3 is 1.85 bits per heavy atom. The van der Waals surface area contributed by atoms with Gasteiger partial charge in [-0.15, -0.1) is 0 Å². The van der Waals surface area contributed by atoms with Gasteiger partial charge in [0, 0.05) is 54.2 Å². The van der Waals surface area contributed by atoms with Crippen LogP contribution in [-0.4, -0.2) is 21.7 Å². The van der Waals surface area contributed by atoms with Crippen LogP contribution in [0, 0.1) is 0 Å². The van der Waals surface area contributed by atoms with Crippen LogP contribution < -0.4 is 0 Å². The number of benzene rings is 3. The molecular weight excluding hydrogens is 408 g/mol. The second-order valence-electron chi connectivity index (χ2n) is 8.62. The van der Waals surface area contributed by atoms with Gasteiger partial charge >= 0.3 is 5.97 Å². The molecular formula is C29H28N2O2. The van der Waals surface area contributed by atoms with Crippen LogP contribution in [0.15, 0.2) is 91.3 Å². The number of fused-ring (bicyclic) bond motifs is 2. The molecule has 5 aromatic rings. The number of hydrogen-bond donors (Lipinski definition) is 0. The van der Waals surface area contributed by atoms with Crippen molar-refractivity contribution in [1.82, 2.24) is 9.13 Å². The molecule has 0 unspecified atom stereocenters. The van der Waals surface area contributed by atoms with E-state index < -0.39 is 0 Å². The van der Waals surface area contributed by atoms with Crippen molar-refractivity contribution in [3.8, 4) is 0 Å². The average molecular weight is 437 g/mol. The normalized spacial score (nSPS) is 11.5. The van der Waals surface area contributed by atoms with Crippen LogP contribution in [-0.2, 0) is 18.8 Å². The predicted molar refractivity (Wildman–Crippen MR) is 134 cm³/mol. The number of rotatable bonds is 7. The fourth-order valence-electron chi connectivity index (χ4n) is 4.89. The number of esters is 1. The fraction of sp³-hybridized carbons (Fsp3) is 0.207. The quantitative estimate of drug-likeness (QED) is 0.217. The van der Waals surface area contributed by atoms with Crippen molar-refractivity contribution in [3.05, 3.63) is 108 Å². The molecule has 0 aliphatic rings. The maximum Gasteiger partial charge on any atom is 0.338 e. The Bertz CT molecular complexity index is 1330.